The van der Waals surface area contributed by atoms with Crippen LogP contribution in [0.4, 0.5) is 0 Å². The van der Waals surface area contributed by atoms with Crippen LogP contribution in [0.3, 0.4) is 0 Å². The third kappa shape index (κ3) is 6.58. The second-order valence-electron chi connectivity index (χ2n) is 9.17. The lowest BCUT2D eigenvalue weighted by Crippen LogP contribution is -2.19. The molecule has 0 spiro atoms. The van der Waals surface area contributed by atoms with E-state index in [4.69, 9.17) is 25.8 Å². The SMILES string of the molecule is CCOc1ccc(C(=O)Oc2ccccc2C=NNC(=O)c2[nH]c3c(Br)cccc3c2-c2ccccc2Cl)cc1OCC. The van der Waals surface area contributed by atoms with Gasteiger partial charge in [-0.15, -0.1) is 0 Å². The molecule has 1 aromatic heterocycles. The van der Waals surface area contributed by atoms with Gasteiger partial charge in [0.15, 0.2) is 11.5 Å². The molecule has 10 heteroatoms. The number of hydrazone groups is 1. The number of rotatable bonds is 10. The highest BCUT2D eigenvalue weighted by atomic mass is 79.9. The number of nitrogens with one attached hydrogen (secondary N) is 2. The molecule has 8 nitrogen and oxygen atoms in total. The molecule has 4 aromatic carbocycles. The topological polar surface area (TPSA) is 102 Å². The van der Waals surface area contributed by atoms with Gasteiger partial charge in [0.25, 0.3) is 5.91 Å². The first kappa shape index (κ1) is 29.9. The number of hydrogen-bond donors (Lipinski definition) is 2. The first-order valence-electron chi connectivity index (χ1n) is 13.5. The molecule has 0 atom stereocenters. The first-order chi connectivity index (χ1) is 20.9. The fourth-order valence-electron chi connectivity index (χ4n) is 4.53. The summed E-state index contributed by atoms with van der Waals surface area (Å²) in [6.45, 7) is 4.60. The number of fused-ring (bicyclic) bond motifs is 1. The minimum absolute atomic E-state index is 0.267. The monoisotopic (exact) mass is 659 g/mol. The van der Waals surface area contributed by atoms with Gasteiger partial charge in [-0.25, -0.2) is 10.2 Å². The van der Waals surface area contributed by atoms with E-state index in [1.807, 2.05) is 50.2 Å². The van der Waals surface area contributed by atoms with E-state index in [0.29, 0.717) is 57.7 Å². The fourth-order valence-corrected chi connectivity index (χ4v) is 5.22. The van der Waals surface area contributed by atoms with E-state index in [1.165, 1.54) is 6.21 Å². The van der Waals surface area contributed by atoms with Crippen molar-refractivity contribution >= 4 is 56.5 Å². The highest BCUT2D eigenvalue weighted by molar-refractivity contribution is 9.10. The molecule has 0 unspecified atom stereocenters. The largest absolute Gasteiger partial charge is 0.490 e. The van der Waals surface area contributed by atoms with E-state index in [1.54, 1.807) is 48.5 Å². The van der Waals surface area contributed by atoms with Gasteiger partial charge in [-0.05, 0) is 72.2 Å². The van der Waals surface area contributed by atoms with Crippen LogP contribution in [0.5, 0.6) is 17.2 Å². The van der Waals surface area contributed by atoms with Gasteiger partial charge in [0.05, 0.1) is 30.5 Å². The van der Waals surface area contributed by atoms with Crippen LogP contribution < -0.4 is 19.6 Å². The van der Waals surface area contributed by atoms with Crippen LogP contribution in [0.15, 0.2) is 94.5 Å². The molecule has 0 aliphatic rings. The van der Waals surface area contributed by atoms with Crippen LogP contribution in [-0.4, -0.2) is 36.3 Å². The molecule has 5 rings (SSSR count). The molecule has 0 bridgehead atoms. The number of amides is 1. The third-order valence-corrected chi connectivity index (χ3v) is 7.41. The Balaban J connectivity index is 1.38. The molecule has 0 aliphatic heterocycles. The molecule has 0 saturated heterocycles. The van der Waals surface area contributed by atoms with E-state index < -0.39 is 11.9 Å². The predicted octanol–water partition coefficient (Wildman–Crippen LogP) is 8.03. The van der Waals surface area contributed by atoms with Crippen molar-refractivity contribution in [2.45, 2.75) is 13.8 Å². The zero-order valence-electron chi connectivity index (χ0n) is 23.3. The lowest BCUT2D eigenvalue weighted by molar-refractivity contribution is 0.0733. The predicted molar refractivity (Wildman–Crippen MR) is 172 cm³/mol. The Morgan fingerprint density at radius 1 is 0.907 bits per heavy atom. The van der Waals surface area contributed by atoms with E-state index >= 15 is 0 Å². The molecule has 0 aliphatic carbocycles. The van der Waals surface area contributed by atoms with E-state index in [-0.39, 0.29) is 5.75 Å². The summed E-state index contributed by atoms with van der Waals surface area (Å²) < 4.78 is 17.7. The van der Waals surface area contributed by atoms with Crippen molar-refractivity contribution in [1.82, 2.24) is 10.4 Å². The normalized spacial score (nSPS) is 11.1. The summed E-state index contributed by atoms with van der Waals surface area (Å²) in [6, 6.07) is 24.8. The average molecular weight is 661 g/mol. The minimum Gasteiger partial charge on any atom is -0.490 e. The van der Waals surface area contributed by atoms with Crippen molar-refractivity contribution < 1.29 is 23.8 Å². The molecule has 5 aromatic rings. The van der Waals surface area contributed by atoms with E-state index in [2.05, 4.69) is 31.4 Å². The van der Waals surface area contributed by atoms with Gasteiger partial charge in [0.2, 0.25) is 0 Å². The maximum absolute atomic E-state index is 13.4. The number of aromatic nitrogens is 1. The summed E-state index contributed by atoms with van der Waals surface area (Å²) in [4.78, 5) is 29.6. The molecule has 1 amide bonds. The number of nitrogens with zero attached hydrogens (tertiary/aromatic N) is 1. The van der Waals surface area contributed by atoms with Gasteiger partial charge in [-0.2, -0.15) is 5.10 Å². The van der Waals surface area contributed by atoms with E-state index in [0.717, 1.165) is 15.4 Å². The Bertz CT molecular complexity index is 1840. The van der Waals surface area contributed by atoms with E-state index in [9.17, 15) is 9.59 Å². The second kappa shape index (κ2) is 13.6. The number of carbonyl (C=O) groups excluding carboxylic acids is 2. The Morgan fingerprint density at radius 3 is 2.44 bits per heavy atom. The second-order valence-corrected chi connectivity index (χ2v) is 10.4. The quantitative estimate of drug-likeness (QED) is 0.0684. The summed E-state index contributed by atoms with van der Waals surface area (Å²) in [5.74, 6) is 0.216. The number of H-pyrrole nitrogens is 1. The number of carbonyl (C=O) groups is 2. The van der Waals surface area contributed by atoms with Crippen LogP contribution in [0.25, 0.3) is 22.0 Å². The van der Waals surface area contributed by atoms with Crippen molar-refractivity contribution in [3.63, 3.8) is 0 Å². The third-order valence-electron chi connectivity index (χ3n) is 6.42. The summed E-state index contributed by atoms with van der Waals surface area (Å²) in [7, 11) is 0. The molecule has 0 saturated carbocycles. The van der Waals surface area contributed by atoms with Crippen molar-refractivity contribution in [3.05, 3.63) is 111 Å². The maximum atomic E-state index is 13.4. The molecule has 0 fully saturated rings. The molecule has 0 radical (unpaired) electrons. The molecule has 43 heavy (non-hydrogen) atoms. The van der Waals surface area contributed by atoms with Crippen LogP contribution >= 0.6 is 27.5 Å². The Labute approximate surface area is 261 Å². The number of esters is 1. The Kier molecular flexibility index (Phi) is 9.44. The summed E-state index contributed by atoms with van der Waals surface area (Å²) in [5, 5.41) is 5.50. The molecule has 2 N–H and O–H groups in total. The van der Waals surface area contributed by atoms with Gasteiger partial charge in [0, 0.05) is 31.6 Å². The van der Waals surface area contributed by atoms with Gasteiger partial charge in [-0.1, -0.05) is 54.1 Å². The van der Waals surface area contributed by atoms with Gasteiger partial charge >= 0.3 is 5.97 Å². The number of para-hydroxylation sites is 2. The molecule has 1 heterocycles. The number of hydrogen-bond acceptors (Lipinski definition) is 6. The van der Waals surface area contributed by atoms with Gasteiger partial charge in [-0.3, -0.25) is 4.79 Å². The fraction of sp³-hybridized carbons (Fsp3) is 0.121. The lowest BCUT2D eigenvalue weighted by Gasteiger charge is -2.12. The lowest BCUT2D eigenvalue weighted by atomic mass is 10.0. The first-order valence-corrected chi connectivity index (χ1v) is 14.7. The number of benzene rings is 4. The minimum atomic E-state index is -0.582. The van der Waals surface area contributed by atoms with Crippen LogP contribution in [0, 0.1) is 0 Å². The smallest absolute Gasteiger partial charge is 0.343 e. The standard InChI is InChI=1S/C33H27BrClN3O5/c1-3-41-27-17-16-20(18-28(27)42-4-2)33(40)43-26-15-8-5-10-21(26)19-36-38-32(39)31-29(22-11-6-7-14-25(22)35)23-12-9-13-24(34)30(23)37-31/h5-19,37H,3-4H2,1-2H3,(H,38,39). The maximum Gasteiger partial charge on any atom is 0.343 e. The number of halogens is 2. The van der Waals surface area contributed by atoms with Crippen LogP contribution in [0.1, 0.15) is 40.3 Å². The zero-order chi connectivity index (χ0) is 30.3. The van der Waals surface area contributed by atoms with Gasteiger partial charge in [0.1, 0.15) is 11.4 Å². The summed E-state index contributed by atoms with van der Waals surface area (Å²) in [6.07, 6.45) is 1.41. The number of aromatic amines is 1. The average Bonchev–Trinajstić information content (AvgIpc) is 3.40. The van der Waals surface area contributed by atoms with Crippen molar-refractivity contribution in [2.75, 3.05) is 13.2 Å². The van der Waals surface area contributed by atoms with Crippen LogP contribution in [-0.2, 0) is 0 Å². The molecular formula is C33H27BrClN3O5. The Morgan fingerprint density at radius 2 is 1.65 bits per heavy atom. The van der Waals surface area contributed by atoms with Crippen molar-refractivity contribution in [2.24, 2.45) is 5.10 Å². The van der Waals surface area contributed by atoms with Gasteiger partial charge < -0.3 is 19.2 Å². The molecule has 218 valence electrons. The van der Waals surface area contributed by atoms with Crippen LogP contribution in [0.2, 0.25) is 5.02 Å². The number of ether oxygens (including phenoxy) is 3. The highest BCUT2D eigenvalue weighted by Gasteiger charge is 2.22. The molecular weight excluding hydrogens is 634 g/mol. The Hall–Kier alpha value is -4.60. The zero-order valence-corrected chi connectivity index (χ0v) is 25.7. The summed E-state index contributed by atoms with van der Waals surface area (Å²) in [5.41, 5.74) is 5.78. The summed E-state index contributed by atoms with van der Waals surface area (Å²) >= 11 is 10.1. The van der Waals surface area contributed by atoms with Crippen molar-refractivity contribution in [1.29, 1.82) is 0 Å². The highest BCUT2D eigenvalue weighted by Crippen LogP contribution is 2.38. The van der Waals surface area contributed by atoms with Crippen molar-refractivity contribution in [3.8, 4) is 28.4 Å².